The van der Waals surface area contributed by atoms with E-state index in [1.54, 1.807) is 24.3 Å². The summed E-state index contributed by atoms with van der Waals surface area (Å²) in [4.78, 5) is 0. The van der Waals surface area contributed by atoms with Crippen molar-refractivity contribution in [1.29, 1.82) is 5.26 Å². The number of nitriles is 1. The maximum Gasteiger partial charge on any atom is 0.163 e. The van der Waals surface area contributed by atoms with E-state index >= 15 is 0 Å². The predicted octanol–water partition coefficient (Wildman–Crippen LogP) is 3.98. The number of nitrogens with two attached hydrogens (primary N) is 1. The summed E-state index contributed by atoms with van der Waals surface area (Å²) in [5.41, 5.74) is 7.38. The van der Waals surface area contributed by atoms with Gasteiger partial charge in [0.2, 0.25) is 0 Å². The molecule has 0 aliphatic heterocycles. The van der Waals surface area contributed by atoms with E-state index in [9.17, 15) is 0 Å². The van der Waals surface area contributed by atoms with Gasteiger partial charge in [0.15, 0.2) is 5.82 Å². The number of hydrogen-bond donors (Lipinski definition) is 2. The molecule has 0 aliphatic rings. The molecule has 0 saturated heterocycles. The van der Waals surface area contributed by atoms with Gasteiger partial charge in [-0.25, -0.2) is 0 Å². The molecule has 3 aromatic rings. The van der Waals surface area contributed by atoms with E-state index in [0.717, 1.165) is 5.56 Å². The minimum atomic E-state index is 0.194. The largest absolute Gasteiger partial charge is 0.457 e. The second kappa shape index (κ2) is 5.80. The fourth-order valence-corrected chi connectivity index (χ4v) is 2.13. The molecule has 0 spiro atoms. The molecule has 2 aromatic carbocycles. The zero-order valence-corrected chi connectivity index (χ0v) is 12.1. The molecular formula is C16H11ClN4O. The number of benzene rings is 2. The highest BCUT2D eigenvalue weighted by atomic mass is 35.5. The molecule has 0 radical (unpaired) electrons. The zero-order chi connectivity index (χ0) is 15.5. The first-order chi connectivity index (χ1) is 10.7. The molecule has 5 nitrogen and oxygen atoms in total. The van der Waals surface area contributed by atoms with Crippen molar-refractivity contribution in [2.45, 2.75) is 0 Å². The fraction of sp³-hybridized carbons (Fsp3) is 0. The van der Waals surface area contributed by atoms with Crippen LogP contribution < -0.4 is 10.5 Å². The van der Waals surface area contributed by atoms with E-state index in [1.165, 1.54) is 0 Å². The molecule has 0 fully saturated rings. The Balaban J connectivity index is 1.84. The normalized spacial score (nSPS) is 10.2. The number of nitrogens with one attached hydrogen (secondary N) is 1. The second-order valence-electron chi connectivity index (χ2n) is 4.55. The van der Waals surface area contributed by atoms with Crippen molar-refractivity contribution in [1.82, 2.24) is 10.2 Å². The molecule has 22 heavy (non-hydrogen) atoms. The minimum absolute atomic E-state index is 0.194. The maximum absolute atomic E-state index is 9.10. The number of halogens is 1. The lowest BCUT2D eigenvalue weighted by atomic mass is 10.1. The molecule has 0 saturated carbocycles. The van der Waals surface area contributed by atoms with E-state index in [2.05, 4.69) is 10.2 Å². The average Bonchev–Trinajstić information content (AvgIpc) is 2.91. The minimum Gasteiger partial charge on any atom is -0.457 e. The summed E-state index contributed by atoms with van der Waals surface area (Å²) in [7, 11) is 0. The molecule has 1 heterocycles. The number of nitrogen functional groups attached to an aromatic ring is 1. The lowest BCUT2D eigenvalue weighted by Gasteiger charge is -2.06. The molecule has 6 heteroatoms. The zero-order valence-electron chi connectivity index (χ0n) is 11.4. The van der Waals surface area contributed by atoms with Crippen LogP contribution in [0.5, 0.6) is 11.5 Å². The highest BCUT2D eigenvalue weighted by Crippen LogP contribution is 2.28. The molecule has 0 aliphatic carbocycles. The molecular weight excluding hydrogens is 300 g/mol. The summed E-state index contributed by atoms with van der Waals surface area (Å²) in [5, 5.41) is 16.4. The first kappa shape index (κ1) is 14.0. The Labute approximate surface area is 131 Å². The Hall–Kier alpha value is -2.97. The average molecular weight is 311 g/mol. The molecule has 0 amide bonds. The molecule has 1 aromatic heterocycles. The SMILES string of the molecule is N#Cc1c(N)n[nH]c1-c1ccc(Oc2ccc(Cl)cc2)cc1. The Kier molecular flexibility index (Phi) is 3.69. The molecule has 0 bridgehead atoms. The third-order valence-corrected chi connectivity index (χ3v) is 3.35. The maximum atomic E-state index is 9.10. The number of nitrogens with zero attached hydrogens (tertiary/aromatic N) is 2. The lowest BCUT2D eigenvalue weighted by Crippen LogP contribution is -1.88. The Morgan fingerprint density at radius 2 is 1.64 bits per heavy atom. The van der Waals surface area contributed by atoms with E-state index in [-0.39, 0.29) is 5.82 Å². The first-order valence-electron chi connectivity index (χ1n) is 6.45. The Bertz CT molecular complexity index is 832. The van der Waals surface area contributed by atoms with Crippen LogP contribution in [0.2, 0.25) is 5.02 Å². The van der Waals surface area contributed by atoms with Crippen LogP contribution >= 0.6 is 11.6 Å². The summed E-state index contributed by atoms with van der Waals surface area (Å²) in [6.45, 7) is 0. The van der Waals surface area contributed by atoms with Gasteiger partial charge in [-0.05, 0) is 48.5 Å². The number of hydrogen-bond acceptors (Lipinski definition) is 4. The topological polar surface area (TPSA) is 87.7 Å². The van der Waals surface area contributed by atoms with Crippen molar-refractivity contribution < 1.29 is 4.74 Å². The number of aromatic amines is 1. The van der Waals surface area contributed by atoms with Gasteiger partial charge in [0.05, 0.1) is 5.69 Å². The lowest BCUT2D eigenvalue weighted by molar-refractivity contribution is 0.483. The Morgan fingerprint density at radius 1 is 1.05 bits per heavy atom. The highest BCUT2D eigenvalue weighted by molar-refractivity contribution is 6.30. The van der Waals surface area contributed by atoms with Gasteiger partial charge in [0.1, 0.15) is 23.1 Å². The third-order valence-electron chi connectivity index (χ3n) is 3.10. The quantitative estimate of drug-likeness (QED) is 0.766. The second-order valence-corrected chi connectivity index (χ2v) is 4.99. The van der Waals surface area contributed by atoms with Crippen molar-refractivity contribution in [2.24, 2.45) is 0 Å². The fourth-order valence-electron chi connectivity index (χ4n) is 2.01. The van der Waals surface area contributed by atoms with Crippen molar-refractivity contribution in [3.05, 3.63) is 59.1 Å². The molecule has 0 unspecified atom stereocenters. The number of ether oxygens (including phenoxy) is 1. The van der Waals surface area contributed by atoms with Crippen molar-refractivity contribution >= 4 is 17.4 Å². The van der Waals surface area contributed by atoms with Gasteiger partial charge in [-0.15, -0.1) is 0 Å². The summed E-state index contributed by atoms with van der Waals surface area (Å²) in [6, 6.07) is 16.4. The number of anilines is 1. The number of rotatable bonds is 3. The summed E-state index contributed by atoms with van der Waals surface area (Å²) < 4.78 is 5.71. The third kappa shape index (κ3) is 2.73. The highest BCUT2D eigenvalue weighted by Gasteiger charge is 2.12. The van der Waals surface area contributed by atoms with E-state index in [1.807, 2.05) is 30.3 Å². The van der Waals surface area contributed by atoms with Crippen LogP contribution in [-0.2, 0) is 0 Å². The summed E-state index contributed by atoms with van der Waals surface area (Å²) in [6.07, 6.45) is 0. The Morgan fingerprint density at radius 3 is 2.23 bits per heavy atom. The van der Waals surface area contributed by atoms with E-state index < -0.39 is 0 Å². The van der Waals surface area contributed by atoms with Crippen LogP contribution in [-0.4, -0.2) is 10.2 Å². The molecule has 3 N–H and O–H groups in total. The van der Waals surface area contributed by atoms with Crippen LogP contribution in [0.25, 0.3) is 11.3 Å². The predicted molar refractivity (Wildman–Crippen MR) is 84.7 cm³/mol. The van der Waals surface area contributed by atoms with Crippen LogP contribution in [0.4, 0.5) is 5.82 Å². The standard InChI is InChI=1S/C16H11ClN4O/c17-11-3-7-13(8-4-11)22-12-5-1-10(2-6-12)15-14(9-18)16(19)21-20-15/h1-8H,(H3,19,20,21). The first-order valence-corrected chi connectivity index (χ1v) is 6.83. The monoisotopic (exact) mass is 310 g/mol. The van der Waals surface area contributed by atoms with Crippen molar-refractivity contribution in [3.8, 4) is 28.8 Å². The number of aromatic nitrogens is 2. The van der Waals surface area contributed by atoms with Crippen molar-refractivity contribution in [3.63, 3.8) is 0 Å². The summed E-state index contributed by atoms with van der Waals surface area (Å²) in [5.74, 6) is 1.57. The van der Waals surface area contributed by atoms with Gasteiger partial charge in [-0.2, -0.15) is 10.4 Å². The van der Waals surface area contributed by atoms with Crippen LogP contribution in [0, 0.1) is 11.3 Å². The molecule has 3 rings (SSSR count). The van der Waals surface area contributed by atoms with Gasteiger partial charge in [0, 0.05) is 10.6 Å². The van der Waals surface area contributed by atoms with E-state index in [0.29, 0.717) is 27.8 Å². The van der Waals surface area contributed by atoms with Crippen LogP contribution in [0.15, 0.2) is 48.5 Å². The number of H-pyrrole nitrogens is 1. The molecule has 108 valence electrons. The van der Waals surface area contributed by atoms with Crippen LogP contribution in [0.3, 0.4) is 0 Å². The van der Waals surface area contributed by atoms with Gasteiger partial charge in [-0.3, -0.25) is 5.10 Å². The van der Waals surface area contributed by atoms with Gasteiger partial charge < -0.3 is 10.5 Å². The van der Waals surface area contributed by atoms with Gasteiger partial charge in [0.25, 0.3) is 0 Å². The van der Waals surface area contributed by atoms with Crippen LogP contribution in [0.1, 0.15) is 5.56 Å². The van der Waals surface area contributed by atoms with Crippen molar-refractivity contribution in [2.75, 3.05) is 5.73 Å². The smallest absolute Gasteiger partial charge is 0.163 e. The summed E-state index contributed by atoms with van der Waals surface area (Å²) >= 11 is 5.83. The van der Waals surface area contributed by atoms with Gasteiger partial charge >= 0.3 is 0 Å². The van der Waals surface area contributed by atoms with E-state index in [4.69, 9.17) is 27.3 Å². The molecule has 0 atom stereocenters. The van der Waals surface area contributed by atoms with Gasteiger partial charge in [-0.1, -0.05) is 11.6 Å².